The molecule has 0 aliphatic carbocycles. The Kier molecular flexibility index (Phi) is 7.00. The predicted molar refractivity (Wildman–Crippen MR) is 94.6 cm³/mol. The van der Waals surface area contributed by atoms with E-state index in [1.807, 2.05) is 19.1 Å². The summed E-state index contributed by atoms with van der Waals surface area (Å²) in [5.74, 6) is -1.13. The number of ether oxygens (including phenoxy) is 2. The van der Waals surface area contributed by atoms with Crippen LogP contribution in [-0.4, -0.2) is 18.5 Å². The van der Waals surface area contributed by atoms with Crippen molar-refractivity contribution in [3.05, 3.63) is 70.2 Å². The lowest BCUT2D eigenvalue weighted by atomic mass is 10.1. The quantitative estimate of drug-likeness (QED) is 0.508. The Morgan fingerprint density at radius 3 is 2.50 bits per heavy atom. The van der Waals surface area contributed by atoms with Crippen molar-refractivity contribution in [1.29, 1.82) is 0 Å². The molecule has 2 aromatic carbocycles. The average Bonchev–Trinajstić information content (AvgIpc) is 2.60. The molecule has 2 rings (SSSR count). The number of hydrogen-bond acceptors (Lipinski definition) is 4. The van der Waals surface area contributed by atoms with Gasteiger partial charge in [0.2, 0.25) is 6.10 Å². The van der Waals surface area contributed by atoms with Crippen LogP contribution in [0, 0.1) is 0 Å². The van der Waals surface area contributed by atoms with Gasteiger partial charge in [-0.05, 0) is 24.6 Å². The molecule has 0 aliphatic rings. The van der Waals surface area contributed by atoms with E-state index in [0.29, 0.717) is 17.7 Å². The van der Waals surface area contributed by atoms with Gasteiger partial charge in [0.05, 0.1) is 12.2 Å². The van der Waals surface area contributed by atoms with Crippen molar-refractivity contribution < 1.29 is 19.1 Å². The lowest BCUT2D eigenvalue weighted by molar-refractivity contribution is -0.154. The second-order valence-electron chi connectivity index (χ2n) is 5.23. The number of esters is 2. The Morgan fingerprint density at radius 1 is 1.08 bits per heavy atom. The number of carbonyl (C=O) groups excluding carboxylic acids is 2. The van der Waals surface area contributed by atoms with E-state index in [9.17, 15) is 9.59 Å². The summed E-state index contributed by atoms with van der Waals surface area (Å²) in [6.45, 7) is 2.32. The van der Waals surface area contributed by atoms with Crippen molar-refractivity contribution in [2.45, 2.75) is 25.9 Å². The van der Waals surface area contributed by atoms with E-state index in [2.05, 4.69) is 15.9 Å². The number of benzene rings is 2. The normalized spacial score (nSPS) is 11.6. The molecule has 0 saturated heterocycles. The van der Waals surface area contributed by atoms with E-state index in [4.69, 9.17) is 9.47 Å². The largest absolute Gasteiger partial charge is 0.463 e. The first-order valence-corrected chi connectivity index (χ1v) is 8.59. The Balaban J connectivity index is 2.16. The van der Waals surface area contributed by atoms with Gasteiger partial charge in [-0.25, -0.2) is 9.59 Å². The fourth-order valence-electron chi connectivity index (χ4n) is 2.06. The van der Waals surface area contributed by atoms with Gasteiger partial charge in [-0.3, -0.25) is 0 Å². The van der Waals surface area contributed by atoms with Gasteiger partial charge < -0.3 is 9.47 Å². The van der Waals surface area contributed by atoms with Crippen molar-refractivity contribution in [2.75, 3.05) is 6.61 Å². The summed E-state index contributed by atoms with van der Waals surface area (Å²) in [5.41, 5.74) is 0.953. The topological polar surface area (TPSA) is 52.6 Å². The molecule has 126 valence electrons. The van der Waals surface area contributed by atoms with Gasteiger partial charge in [0.1, 0.15) is 0 Å². The molecular formula is C19H19BrO4. The predicted octanol–water partition coefficient (Wildman–Crippen LogP) is 4.69. The molecule has 1 atom stereocenters. The molecule has 0 radical (unpaired) electrons. The number of hydrogen-bond donors (Lipinski definition) is 0. The van der Waals surface area contributed by atoms with E-state index < -0.39 is 18.0 Å². The van der Waals surface area contributed by atoms with Gasteiger partial charge in [0, 0.05) is 10.0 Å². The summed E-state index contributed by atoms with van der Waals surface area (Å²) in [6, 6.07) is 15.7. The lowest BCUT2D eigenvalue weighted by Crippen LogP contribution is -2.22. The molecule has 0 saturated carbocycles. The number of carbonyl (C=O) groups is 2. The molecule has 4 nitrogen and oxygen atoms in total. The van der Waals surface area contributed by atoms with E-state index in [-0.39, 0.29) is 0 Å². The summed E-state index contributed by atoms with van der Waals surface area (Å²) < 4.78 is 11.4. The van der Waals surface area contributed by atoms with Crippen LogP contribution in [0.3, 0.4) is 0 Å². The zero-order chi connectivity index (χ0) is 17.4. The third-order valence-electron chi connectivity index (χ3n) is 3.34. The molecule has 5 heteroatoms. The number of unbranched alkanes of at least 4 members (excludes halogenated alkanes) is 1. The maximum Gasteiger partial charge on any atom is 0.352 e. The standard InChI is InChI=1S/C19H19BrO4/c1-2-3-12-23-19(22)17(14-8-5-4-6-9-14)24-18(21)15-10-7-11-16(20)13-15/h4-11,13,17H,2-3,12H2,1H3. The van der Waals surface area contributed by atoms with Crippen LogP contribution >= 0.6 is 15.9 Å². The summed E-state index contributed by atoms with van der Waals surface area (Å²) in [7, 11) is 0. The van der Waals surface area contributed by atoms with Gasteiger partial charge in [-0.15, -0.1) is 0 Å². The van der Waals surface area contributed by atoms with Crippen LogP contribution in [0.4, 0.5) is 0 Å². The summed E-state index contributed by atoms with van der Waals surface area (Å²) >= 11 is 3.31. The Morgan fingerprint density at radius 2 is 1.83 bits per heavy atom. The smallest absolute Gasteiger partial charge is 0.352 e. The Hall–Kier alpha value is -2.14. The van der Waals surface area contributed by atoms with Gasteiger partial charge in [0.25, 0.3) is 0 Å². The van der Waals surface area contributed by atoms with E-state index >= 15 is 0 Å². The van der Waals surface area contributed by atoms with Crippen LogP contribution in [-0.2, 0) is 14.3 Å². The first-order valence-electron chi connectivity index (χ1n) is 7.80. The van der Waals surface area contributed by atoms with Gasteiger partial charge in [-0.2, -0.15) is 0 Å². The molecule has 24 heavy (non-hydrogen) atoms. The van der Waals surface area contributed by atoms with Gasteiger partial charge >= 0.3 is 11.9 Å². The van der Waals surface area contributed by atoms with E-state index in [1.165, 1.54) is 0 Å². The van der Waals surface area contributed by atoms with Crippen LogP contribution in [0.2, 0.25) is 0 Å². The first-order chi connectivity index (χ1) is 11.6. The fourth-order valence-corrected chi connectivity index (χ4v) is 2.46. The highest BCUT2D eigenvalue weighted by Crippen LogP contribution is 2.22. The van der Waals surface area contributed by atoms with Crippen LogP contribution in [0.1, 0.15) is 41.8 Å². The van der Waals surface area contributed by atoms with E-state index in [1.54, 1.807) is 42.5 Å². The second-order valence-corrected chi connectivity index (χ2v) is 6.14. The van der Waals surface area contributed by atoms with Crippen LogP contribution in [0.5, 0.6) is 0 Å². The van der Waals surface area contributed by atoms with Crippen molar-refractivity contribution >= 4 is 27.9 Å². The molecule has 0 N–H and O–H groups in total. The molecule has 1 unspecified atom stereocenters. The molecule has 0 fully saturated rings. The molecule has 0 heterocycles. The minimum atomic E-state index is -1.07. The van der Waals surface area contributed by atoms with Crippen molar-refractivity contribution in [3.8, 4) is 0 Å². The minimum absolute atomic E-state index is 0.313. The highest BCUT2D eigenvalue weighted by molar-refractivity contribution is 9.10. The SMILES string of the molecule is CCCCOC(=O)C(OC(=O)c1cccc(Br)c1)c1ccccc1. The van der Waals surface area contributed by atoms with E-state index in [0.717, 1.165) is 17.3 Å². The Labute approximate surface area is 149 Å². The monoisotopic (exact) mass is 390 g/mol. The third-order valence-corrected chi connectivity index (χ3v) is 3.84. The molecule has 0 bridgehead atoms. The molecule has 0 amide bonds. The lowest BCUT2D eigenvalue weighted by Gasteiger charge is -2.17. The molecular weight excluding hydrogens is 372 g/mol. The van der Waals surface area contributed by atoms with Crippen molar-refractivity contribution in [1.82, 2.24) is 0 Å². The second kappa shape index (κ2) is 9.23. The number of rotatable bonds is 7. The van der Waals surface area contributed by atoms with Crippen molar-refractivity contribution in [2.24, 2.45) is 0 Å². The Bertz CT molecular complexity index is 685. The molecule has 0 aromatic heterocycles. The van der Waals surface area contributed by atoms with Gasteiger partial charge in [0.15, 0.2) is 0 Å². The average molecular weight is 391 g/mol. The van der Waals surface area contributed by atoms with Crippen LogP contribution in [0.25, 0.3) is 0 Å². The summed E-state index contributed by atoms with van der Waals surface area (Å²) in [4.78, 5) is 24.7. The third kappa shape index (κ3) is 5.20. The van der Waals surface area contributed by atoms with Crippen molar-refractivity contribution in [3.63, 3.8) is 0 Å². The van der Waals surface area contributed by atoms with Crippen LogP contribution in [0.15, 0.2) is 59.1 Å². The maximum absolute atomic E-state index is 12.4. The molecule has 0 aliphatic heterocycles. The molecule has 0 spiro atoms. The molecule has 2 aromatic rings. The highest BCUT2D eigenvalue weighted by Gasteiger charge is 2.27. The zero-order valence-electron chi connectivity index (χ0n) is 13.4. The highest BCUT2D eigenvalue weighted by atomic mass is 79.9. The first kappa shape index (κ1) is 18.2. The summed E-state index contributed by atoms with van der Waals surface area (Å²) in [6.07, 6.45) is 0.614. The minimum Gasteiger partial charge on any atom is -0.463 e. The van der Waals surface area contributed by atoms with Gasteiger partial charge in [-0.1, -0.05) is 65.7 Å². The number of halogens is 1. The maximum atomic E-state index is 12.4. The zero-order valence-corrected chi connectivity index (χ0v) is 15.0. The fraction of sp³-hybridized carbons (Fsp3) is 0.263. The van der Waals surface area contributed by atoms with Crippen LogP contribution < -0.4 is 0 Å². The summed E-state index contributed by atoms with van der Waals surface area (Å²) in [5, 5.41) is 0.